The van der Waals surface area contributed by atoms with Crippen LogP contribution in [0.15, 0.2) is 36.7 Å². The van der Waals surface area contributed by atoms with Crippen molar-refractivity contribution in [2.45, 2.75) is 31.4 Å². The number of pyridine rings is 1. The lowest BCUT2D eigenvalue weighted by atomic mass is 9.95. The second-order valence-corrected chi connectivity index (χ2v) is 11.3. The number of fused-ring (bicyclic) bond motifs is 1. The van der Waals surface area contributed by atoms with Crippen LogP contribution in [0.3, 0.4) is 0 Å². The predicted molar refractivity (Wildman–Crippen MR) is 143 cm³/mol. The van der Waals surface area contributed by atoms with Crippen LogP contribution in [0.5, 0.6) is 0 Å². The highest BCUT2D eigenvalue weighted by molar-refractivity contribution is 6.34. The summed E-state index contributed by atoms with van der Waals surface area (Å²) in [5, 5.41) is 20.5. The summed E-state index contributed by atoms with van der Waals surface area (Å²) in [6.45, 7) is 8.35. The van der Waals surface area contributed by atoms with Crippen molar-refractivity contribution in [1.82, 2.24) is 19.7 Å². The molecule has 4 heterocycles. The third kappa shape index (κ3) is 4.37. The minimum atomic E-state index is -0.470. The maximum absolute atomic E-state index is 13.0. The third-order valence-electron chi connectivity index (χ3n) is 8.53. The molecular formula is C27H33ClN6O3. The molecule has 1 saturated carbocycles. The van der Waals surface area contributed by atoms with Crippen molar-refractivity contribution in [3.63, 3.8) is 0 Å². The average Bonchev–Trinajstić information content (AvgIpc) is 3.15. The first-order valence-electron chi connectivity index (χ1n) is 12.9. The van der Waals surface area contributed by atoms with E-state index >= 15 is 0 Å². The number of amides is 1. The SMILES string of the molecule is CC1C(C(=O)Nc2cc3cc(N4CCN(C5(C)COCC5O)CC4)c(Cl)cc3cn2)C1c1ccn(C)n1. The molecule has 2 saturated heterocycles. The number of halogens is 1. The van der Waals surface area contributed by atoms with Crippen molar-refractivity contribution < 1.29 is 14.6 Å². The van der Waals surface area contributed by atoms with E-state index in [0.717, 1.165) is 48.3 Å². The molecule has 1 aromatic carbocycles. The standard InChI is InChI=1S/C27H33ClN6O3/c1-16-24(20-4-5-32(3)31-20)25(16)26(36)30-23-12-17-11-21(19(28)10-18(17)13-29-23)33-6-8-34(9-7-33)27(2)15-37-14-22(27)35/h4-5,10-13,16,22,24-25,35H,6-9,14-15H2,1-3H3,(H,29,30,36). The van der Waals surface area contributed by atoms with Crippen molar-refractivity contribution in [3.8, 4) is 0 Å². The Kier molecular flexibility index (Phi) is 6.14. The molecule has 2 aromatic heterocycles. The zero-order chi connectivity index (χ0) is 25.9. The normalized spacial score (nSPS) is 30.1. The number of aromatic nitrogens is 3. The Morgan fingerprint density at radius 2 is 2.00 bits per heavy atom. The number of aliphatic hydroxyl groups excluding tert-OH is 1. The van der Waals surface area contributed by atoms with Crippen LogP contribution in [0.2, 0.25) is 5.02 Å². The molecule has 5 atom stereocenters. The average molecular weight is 525 g/mol. The smallest absolute Gasteiger partial charge is 0.229 e. The lowest BCUT2D eigenvalue weighted by Crippen LogP contribution is -2.60. The fourth-order valence-corrected chi connectivity index (χ4v) is 6.31. The quantitative estimate of drug-likeness (QED) is 0.530. The fraction of sp³-hybridized carbons (Fsp3) is 0.519. The van der Waals surface area contributed by atoms with Gasteiger partial charge < -0.3 is 20.1 Å². The highest BCUT2D eigenvalue weighted by Crippen LogP contribution is 2.53. The number of aliphatic hydroxyl groups is 1. The molecule has 0 bridgehead atoms. The van der Waals surface area contributed by atoms with Gasteiger partial charge in [-0.2, -0.15) is 5.10 Å². The number of hydrogen-bond donors (Lipinski definition) is 2. The number of carbonyl (C=O) groups is 1. The molecule has 37 heavy (non-hydrogen) atoms. The topological polar surface area (TPSA) is 95.8 Å². The largest absolute Gasteiger partial charge is 0.389 e. The molecule has 2 N–H and O–H groups in total. The van der Waals surface area contributed by atoms with Gasteiger partial charge in [0.05, 0.1) is 47.2 Å². The lowest BCUT2D eigenvalue weighted by Gasteiger charge is -2.45. The number of rotatable bonds is 5. The second kappa shape index (κ2) is 9.23. The monoisotopic (exact) mass is 524 g/mol. The molecule has 3 aliphatic rings. The van der Waals surface area contributed by atoms with Crippen LogP contribution in [0.1, 0.15) is 25.5 Å². The zero-order valence-corrected chi connectivity index (χ0v) is 22.1. The summed E-state index contributed by atoms with van der Waals surface area (Å²) in [5.41, 5.74) is 1.59. The van der Waals surface area contributed by atoms with Gasteiger partial charge in [-0.25, -0.2) is 4.98 Å². The number of benzene rings is 1. The zero-order valence-electron chi connectivity index (χ0n) is 21.4. The van der Waals surface area contributed by atoms with Gasteiger partial charge in [-0.05, 0) is 42.5 Å². The first kappa shape index (κ1) is 24.6. The summed E-state index contributed by atoms with van der Waals surface area (Å²) in [6.07, 6.45) is 3.20. The Bertz CT molecular complexity index is 1340. The van der Waals surface area contributed by atoms with Gasteiger partial charge in [-0.1, -0.05) is 18.5 Å². The number of anilines is 2. The van der Waals surface area contributed by atoms with Gasteiger partial charge >= 0.3 is 0 Å². The Labute approximate surface area is 221 Å². The van der Waals surface area contributed by atoms with Crippen molar-refractivity contribution in [3.05, 3.63) is 47.4 Å². The van der Waals surface area contributed by atoms with Gasteiger partial charge in [-0.15, -0.1) is 0 Å². The lowest BCUT2D eigenvalue weighted by molar-refractivity contribution is -0.117. The van der Waals surface area contributed by atoms with Crippen molar-refractivity contribution >= 4 is 39.8 Å². The first-order chi connectivity index (χ1) is 17.7. The number of nitrogens with one attached hydrogen (secondary N) is 1. The molecule has 0 spiro atoms. The van der Waals surface area contributed by atoms with E-state index in [2.05, 4.69) is 45.1 Å². The number of carbonyl (C=O) groups excluding carboxylic acids is 1. The molecule has 0 radical (unpaired) electrons. The molecule has 6 rings (SSSR count). The third-order valence-corrected chi connectivity index (χ3v) is 8.83. The molecular weight excluding hydrogens is 492 g/mol. The fourth-order valence-electron chi connectivity index (χ4n) is 6.02. The summed E-state index contributed by atoms with van der Waals surface area (Å²) in [4.78, 5) is 22.1. The summed E-state index contributed by atoms with van der Waals surface area (Å²) in [5.74, 6) is 0.808. The molecule has 196 valence electrons. The van der Waals surface area contributed by atoms with Crippen LogP contribution in [0, 0.1) is 11.8 Å². The molecule has 3 aromatic rings. The molecule has 2 aliphatic heterocycles. The van der Waals surface area contributed by atoms with E-state index in [1.54, 1.807) is 10.9 Å². The van der Waals surface area contributed by atoms with E-state index in [4.69, 9.17) is 16.3 Å². The molecule has 9 nitrogen and oxygen atoms in total. The van der Waals surface area contributed by atoms with E-state index in [-0.39, 0.29) is 29.2 Å². The van der Waals surface area contributed by atoms with E-state index in [0.29, 0.717) is 24.1 Å². The Morgan fingerprint density at radius 3 is 2.68 bits per heavy atom. The maximum Gasteiger partial charge on any atom is 0.229 e. The maximum atomic E-state index is 13.0. The van der Waals surface area contributed by atoms with Gasteiger partial charge in [0, 0.05) is 56.9 Å². The molecule has 10 heteroatoms. The van der Waals surface area contributed by atoms with Crippen LogP contribution >= 0.6 is 11.6 Å². The van der Waals surface area contributed by atoms with E-state index in [1.807, 2.05) is 31.4 Å². The number of hydrogen-bond acceptors (Lipinski definition) is 7. The number of nitrogens with zero attached hydrogens (tertiary/aromatic N) is 5. The van der Waals surface area contributed by atoms with Crippen LogP contribution in [-0.2, 0) is 16.6 Å². The molecule has 1 amide bonds. The van der Waals surface area contributed by atoms with Crippen molar-refractivity contribution in [2.75, 3.05) is 49.6 Å². The summed E-state index contributed by atoms with van der Waals surface area (Å²) in [6, 6.07) is 7.92. The van der Waals surface area contributed by atoms with Gasteiger partial charge in [0.2, 0.25) is 5.91 Å². The molecule has 1 aliphatic carbocycles. The minimum Gasteiger partial charge on any atom is -0.389 e. The van der Waals surface area contributed by atoms with E-state index in [9.17, 15) is 9.90 Å². The Balaban J connectivity index is 1.16. The second-order valence-electron chi connectivity index (χ2n) is 10.9. The first-order valence-corrected chi connectivity index (χ1v) is 13.3. The highest BCUT2D eigenvalue weighted by Gasteiger charge is 2.53. The summed E-state index contributed by atoms with van der Waals surface area (Å²) < 4.78 is 7.30. The van der Waals surface area contributed by atoms with Gasteiger partial charge in [-0.3, -0.25) is 14.4 Å². The van der Waals surface area contributed by atoms with Crippen molar-refractivity contribution in [1.29, 1.82) is 0 Å². The number of aryl methyl sites for hydroxylation is 1. The summed E-state index contributed by atoms with van der Waals surface area (Å²) in [7, 11) is 1.89. The van der Waals surface area contributed by atoms with E-state index < -0.39 is 6.10 Å². The van der Waals surface area contributed by atoms with E-state index in [1.165, 1.54) is 0 Å². The van der Waals surface area contributed by atoms with Crippen LogP contribution in [0.4, 0.5) is 11.5 Å². The minimum absolute atomic E-state index is 0.0214. The Morgan fingerprint density at radius 1 is 1.22 bits per heavy atom. The van der Waals surface area contributed by atoms with Crippen LogP contribution < -0.4 is 10.2 Å². The van der Waals surface area contributed by atoms with Crippen LogP contribution in [0.25, 0.3) is 10.8 Å². The highest BCUT2D eigenvalue weighted by atomic mass is 35.5. The predicted octanol–water partition coefficient (Wildman–Crippen LogP) is 2.88. The van der Waals surface area contributed by atoms with Gasteiger partial charge in [0.15, 0.2) is 0 Å². The Hall–Kier alpha value is -2.72. The molecule has 5 unspecified atom stereocenters. The number of piperazine rings is 1. The van der Waals surface area contributed by atoms with Crippen molar-refractivity contribution in [2.24, 2.45) is 18.9 Å². The van der Waals surface area contributed by atoms with Crippen LogP contribution in [-0.4, -0.2) is 81.7 Å². The molecule has 3 fully saturated rings. The van der Waals surface area contributed by atoms with Gasteiger partial charge in [0.25, 0.3) is 0 Å². The number of ether oxygens (including phenoxy) is 1. The van der Waals surface area contributed by atoms with Gasteiger partial charge in [0.1, 0.15) is 5.82 Å². The summed E-state index contributed by atoms with van der Waals surface area (Å²) >= 11 is 6.70.